The van der Waals surface area contributed by atoms with Crippen molar-refractivity contribution in [3.05, 3.63) is 29.3 Å². The molecule has 31 heavy (non-hydrogen) atoms. The third-order valence-electron chi connectivity index (χ3n) is 6.56. The van der Waals surface area contributed by atoms with E-state index in [2.05, 4.69) is 59.1 Å². The molecule has 1 heterocycles. The van der Waals surface area contributed by atoms with Gasteiger partial charge in [0.1, 0.15) is 12.1 Å². The Balaban J connectivity index is 1.81. The molecule has 1 aliphatic carbocycles. The first kappa shape index (κ1) is 23.3. The molecule has 1 saturated heterocycles. The van der Waals surface area contributed by atoms with Crippen molar-refractivity contribution >= 4 is 23.5 Å². The second-order valence-corrected chi connectivity index (χ2v) is 10.9. The number of anilines is 1. The van der Waals surface area contributed by atoms with E-state index in [1.165, 1.54) is 0 Å². The van der Waals surface area contributed by atoms with Crippen molar-refractivity contribution in [3.63, 3.8) is 0 Å². The minimum Gasteiger partial charge on any atom is -0.324 e. The summed E-state index contributed by atoms with van der Waals surface area (Å²) in [6.45, 7) is 14.5. The van der Waals surface area contributed by atoms with Gasteiger partial charge in [-0.1, -0.05) is 66.7 Å². The average molecular weight is 428 g/mol. The van der Waals surface area contributed by atoms with Crippen LogP contribution in [0.5, 0.6) is 0 Å². The fourth-order valence-corrected chi connectivity index (χ4v) is 5.67. The molecule has 0 bridgehead atoms. The van der Waals surface area contributed by atoms with Gasteiger partial charge in [0.2, 0.25) is 5.91 Å². The Bertz CT molecular complexity index is 864. The maximum absolute atomic E-state index is 13.3. The van der Waals surface area contributed by atoms with E-state index in [1.807, 2.05) is 18.2 Å². The Morgan fingerprint density at radius 3 is 2.23 bits per heavy atom. The molecule has 6 nitrogen and oxygen atoms in total. The van der Waals surface area contributed by atoms with Gasteiger partial charge in [-0.15, -0.1) is 0 Å². The predicted octanol–water partition coefficient (Wildman–Crippen LogP) is 5.01. The molecule has 1 spiro atoms. The first-order valence-electron chi connectivity index (χ1n) is 11.4. The monoisotopic (exact) mass is 427 g/mol. The molecule has 2 fully saturated rings. The molecule has 1 aromatic rings. The van der Waals surface area contributed by atoms with Crippen LogP contribution in [0.15, 0.2) is 18.2 Å². The van der Waals surface area contributed by atoms with Crippen LogP contribution in [0.2, 0.25) is 0 Å². The van der Waals surface area contributed by atoms with Crippen molar-refractivity contribution in [2.45, 2.75) is 85.1 Å². The lowest BCUT2D eigenvalue weighted by Crippen LogP contribution is -2.54. The fourth-order valence-electron chi connectivity index (χ4n) is 5.67. The van der Waals surface area contributed by atoms with E-state index in [0.29, 0.717) is 18.8 Å². The van der Waals surface area contributed by atoms with Crippen LogP contribution in [0.3, 0.4) is 0 Å². The lowest BCUT2D eigenvalue weighted by Gasteiger charge is -2.43. The van der Waals surface area contributed by atoms with Crippen LogP contribution in [0.4, 0.5) is 10.5 Å². The number of imide groups is 1. The lowest BCUT2D eigenvalue weighted by molar-refractivity contribution is -0.136. The fraction of sp³-hybridized carbons (Fsp3) is 0.640. The summed E-state index contributed by atoms with van der Waals surface area (Å²) in [6.07, 6.45) is 2.23. The molecular weight excluding hydrogens is 390 g/mol. The van der Waals surface area contributed by atoms with Gasteiger partial charge in [0.25, 0.3) is 5.91 Å². The summed E-state index contributed by atoms with van der Waals surface area (Å²) in [4.78, 5) is 40.1. The van der Waals surface area contributed by atoms with Gasteiger partial charge >= 0.3 is 6.03 Å². The third kappa shape index (κ3) is 4.63. The zero-order valence-electron chi connectivity index (χ0n) is 20.0. The van der Waals surface area contributed by atoms with E-state index in [-0.39, 0.29) is 35.6 Å². The van der Waals surface area contributed by atoms with Gasteiger partial charge in [-0.25, -0.2) is 4.79 Å². The number of carbonyl (C=O) groups excluding carboxylic acids is 3. The van der Waals surface area contributed by atoms with Crippen LogP contribution in [-0.4, -0.2) is 34.8 Å². The van der Waals surface area contributed by atoms with Crippen LogP contribution in [-0.2, 0) is 9.59 Å². The number of para-hydroxylation sites is 1. The summed E-state index contributed by atoms with van der Waals surface area (Å²) in [5, 5.41) is 5.95. The molecule has 2 unspecified atom stereocenters. The minimum absolute atomic E-state index is 0.0404. The van der Waals surface area contributed by atoms with E-state index in [9.17, 15) is 14.4 Å². The van der Waals surface area contributed by atoms with Crippen molar-refractivity contribution in [1.29, 1.82) is 0 Å². The van der Waals surface area contributed by atoms with Crippen LogP contribution < -0.4 is 10.6 Å². The number of carbonyl (C=O) groups is 3. The van der Waals surface area contributed by atoms with Crippen LogP contribution in [0.25, 0.3) is 0 Å². The highest BCUT2D eigenvalue weighted by molar-refractivity contribution is 6.10. The number of benzene rings is 1. The van der Waals surface area contributed by atoms with Crippen molar-refractivity contribution in [2.75, 3.05) is 11.9 Å². The third-order valence-corrected chi connectivity index (χ3v) is 6.56. The second-order valence-electron chi connectivity index (χ2n) is 10.9. The molecular formula is C25H37N3O3. The molecule has 0 aromatic heterocycles. The van der Waals surface area contributed by atoms with Gasteiger partial charge in [-0.3, -0.25) is 14.5 Å². The van der Waals surface area contributed by atoms with Crippen LogP contribution >= 0.6 is 0 Å². The number of urea groups is 1. The minimum atomic E-state index is -0.891. The number of rotatable bonds is 5. The molecule has 0 radical (unpaired) electrons. The van der Waals surface area contributed by atoms with E-state index >= 15 is 0 Å². The van der Waals surface area contributed by atoms with Crippen LogP contribution in [0.1, 0.15) is 90.7 Å². The molecule has 1 saturated carbocycles. The van der Waals surface area contributed by atoms with Gasteiger partial charge in [0, 0.05) is 5.69 Å². The standard InChI is InChI=1S/C25H37N3O3/c1-15(2)18-9-8-10-19(16(3)4)21(18)26-20(29)13-28-22(30)25(27-23(28)31)12-17(5)11-24(6,7)14-25/h8-10,15-17H,11-14H2,1-7H3,(H,26,29)(H,27,31). The number of amides is 4. The van der Waals surface area contributed by atoms with Gasteiger partial charge < -0.3 is 10.6 Å². The van der Waals surface area contributed by atoms with Gasteiger partial charge in [0.05, 0.1) is 0 Å². The van der Waals surface area contributed by atoms with Crippen molar-refractivity contribution < 1.29 is 14.4 Å². The quantitative estimate of drug-likeness (QED) is 0.649. The topological polar surface area (TPSA) is 78.5 Å². The summed E-state index contributed by atoms with van der Waals surface area (Å²) in [7, 11) is 0. The molecule has 1 aromatic carbocycles. The molecule has 6 heteroatoms. The Morgan fingerprint density at radius 2 is 1.71 bits per heavy atom. The molecule has 170 valence electrons. The van der Waals surface area contributed by atoms with E-state index < -0.39 is 11.6 Å². The first-order valence-corrected chi connectivity index (χ1v) is 11.4. The number of nitrogens with zero attached hydrogens (tertiary/aromatic N) is 1. The SMILES string of the molecule is CC1CC(C)(C)CC2(C1)NC(=O)N(CC(=O)Nc1c(C(C)C)cccc1C(C)C)C2=O. The Hall–Kier alpha value is -2.37. The maximum atomic E-state index is 13.3. The highest BCUT2D eigenvalue weighted by Crippen LogP contribution is 2.46. The zero-order valence-corrected chi connectivity index (χ0v) is 20.0. The molecule has 4 amide bonds. The average Bonchev–Trinajstić information content (AvgIpc) is 2.83. The smallest absolute Gasteiger partial charge is 0.324 e. The number of hydrogen-bond acceptors (Lipinski definition) is 3. The molecule has 2 N–H and O–H groups in total. The molecule has 3 rings (SSSR count). The molecule has 1 aliphatic heterocycles. The Morgan fingerprint density at radius 1 is 1.13 bits per heavy atom. The first-order chi connectivity index (χ1) is 14.3. The van der Waals surface area contributed by atoms with Crippen molar-refractivity contribution in [3.8, 4) is 0 Å². The summed E-state index contributed by atoms with van der Waals surface area (Å²) < 4.78 is 0. The Labute approximate surface area is 186 Å². The molecule has 2 atom stereocenters. The van der Waals surface area contributed by atoms with Crippen molar-refractivity contribution in [2.24, 2.45) is 11.3 Å². The van der Waals surface area contributed by atoms with Crippen LogP contribution in [0, 0.1) is 11.3 Å². The van der Waals surface area contributed by atoms with Gasteiger partial charge in [0.15, 0.2) is 0 Å². The van der Waals surface area contributed by atoms with E-state index in [4.69, 9.17) is 0 Å². The zero-order chi connectivity index (χ0) is 23.1. The van der Waals surface area contributed by atoms with E-state index in [1.54, 1.807) is 0 Å². The summed E-state index contributed by atoms with van der Waals surface area (Å²) in [5.41, 5.74) is 1.97. The second kappa shape index (κ2) is 8.29. The summed E-state index contributed by atoms with van der Waals surface area (Å²) in [5.74, 6) is 0.181. The van der Waals surface area contributed by atoms with Gasteiger partial charge in [-0.2, -0.15) is 0 Å². The predicted molar refractivity (Wildman–Crippen MR) is 123 cm³/mol. The molecule has 2 aliphatic rings. The highest BCUT2D eigenvalue weighted by atomic mass is 16.2. The normalized spacial score (nSPS) is 25.5. The van der Waals surface area contributed by atoms with Crippen molar-refractivity contribution in [1.82, 2.24) is 10.2 Å². The largest absolute Gasteiger partial charge is 0.325 e. The number of hydrogen-bond donors (Lipinski definition) is 2. The Kier molecular flexibility index (Phi) is 6.23. The van der Waals surface area contributed by atoms with E-state index in [0.717, 1.165) is 28.1 Å². The number of nitrogens with one attached hydrogen (secondary N) is 2. The lowest BCUT2D eigenvalue weighted by atomic mass is 9.64. The highest BCUT2D eigenvalue weighted by Gasteiger charge is 2.56. The maximum Gasteiger partial charge on any atom is 0.325 e. The van der Waals surface area contributed by atoms with Gasteiger partial charge in [-0.05, 0) is 53.6 Å². The summed E-state index contributed by atoms with van der Waals surface area (Å²) >= 11 is 0. The summed E-state index contributed by atoms with van der Waals surface area (Å²) in [6, 6.07) is 5.57.